The molecule has 3 atom stereocenters. The highest BCUT2D eigenvalue weighted by molar-refractivity contribution is 6.31. The highest BCUT2D eigenvalue weighted by atomic mass is 35.5. The quantitative estimate of drug-likeness (QED) is 0.897. The summed E-state index contributed by atoms with van der Waals surface area (Å²) in [6.07, 6.45) is 5.16. The molecule has 0 aromatic heterocycles. The smallest absolute Gasteiger partial charge is 0.0438 e. The fourth-order valence-electron chi connectivity index (χ4n) is 3.84. The van der Waals surface area contributed by atoms with Crippen molar-refractivity contribution in [1.29, 1.82) is 0 Å². The minimum Gasteiger partial charge on any atom is -0.324 e. The summed E-state index contributed by atoms with van der Waals surface area (Å²) in [6, 6.07) is 7.91. The molecule has 2 saturated heterocycles. The molecule has 19 heavy (non-hydrogen) atoms. The third-order valence-electron chi connectivity index (χ3n) is 5.22. The van der Waals surface area contributed by atoms with Crippen molar-refractivity contribution in [3.63, 3.8) is 0 Å². The van der Waals surface area contributed by atoms with Crippen molar-refractivity contribution >= 4 is 11.6 Å². The van der Waals surface area contributed by atoms with Gasteiger partial charge in [0.25, 0.3) is 0 Å². The van der Waals surface area contributed by atoms with Crippen LogP contribution in [-0.4, -0.2) is 24.0 Å². The van der Waals surface area contributed by atoms with Crippen LogP contribution in [0.25, 0.3) is 0 Å². The van der Waals surface area contributed by atoms with Crippen LogP contribution in [0, 0.1) is 12.8 Å². The molecule has 0 spiro atoms. The van der Waals surface area contributed by atoms with Gasteiger partial charge >= 0.3 is 0 Å². The van der Waals surface area contributed by atoms with E-state index < -0.39 is 0 Å². The number of hydrogen-bond acceptors (Lipinski definition) is 2. The van der Waals surface area contributed by atoms with Crippen molar-refractivity contribution in [2.75, 3.05) is 7.05 Å². The molecule has 3 rings (SSSR count). The number of aryl methyl sites for hydroxylation is 1. The molecule has 3 unspecified atom stereocenters. The summed E-state index contributed by atoms with van der Waals surface area (Å²) < 4.78 is 0. The fraction of sp³-hybridized carbons (Fsp3) is 0.625. The van der Waals surface area contributed by atoms with Gasteiger partial charge < -0.3 is 10.6 Å². The van der Waals surface area contributed by atoms with E-state index in [0.717, 1.165) is 22.7 Å². The molecule has 2 N–H and O–H groups in total. The minimum atomic E-state index is 0.134. The van der Waals surface area contributed by atoms with Crippen LogP contribution in [0.2, 0.25) is 5.02 Å². The highest BCUT2D eigenvalue weighted by Crippen LogP contribution is 2.41. The number of piperidine rings is 1. The summed E-state index contributed by atoms with van der Waals surface area (Å²) in [4.78, 5) is 2.56. The molecule has 2 aliphatic rings. The summed E-state index contributed by atoms with van der Waals surface area (Å²) in [7, 11) is 2.27. The molecule has 2 fully saturated rings. The molecule has 1 aromatic rings. The van der Waals surface area contributed by atoms with Crippen molar-refractivity contribution in [3.8, 4) is 0 Å². The third-order valence-corrected chi connectivity index (χ3v) is 5.63. The first-order valence-electron chi connectivity index (χ1n) is 7.30. The first kappa shape index (κ1) is 13.4. The topological polar surface area (TPSA) is 29.3 Å². The Kier molecular flexibility index (Phi) is 3.59. The monoisotopic (exact) mass is 278 g/mol. The van der Waals surface area contributed by atoms with Crippen molar-refractivity contribution in [3.05, 3.63) is 34.3 Å². The Morgan fingerprint density at radius 2 is 1.89 bits per heavy atom. The number of halogens is 1. The van der Waals surface area contributed by atoms with Crippen LogP contribution in [0.4, 0.5) is 0 Å². The normalized spacial score (nSPS) is 32.5. The first-order chi connectivity index (χ1) is 9.06. The summed E-state index contributed by atoms with van der Waals surface area (Å²) in [6.45, 7) is 2.04. The van der Waals surface area contributed by atoms with Gasteiger partial charge in [0.05, 0.1) is 0 Å². The zero-order chi connectivity index (χ0) is 13.6. The zero-order valence-corrected chi connectivity index (χ0v) is 12.5. The summed E-state index contributed by atoms with van der Waals surface area (Å²) >= 11 is 6.23. The second-order valence-electron chi connectivity index (χ2n) is 6.32. The number of nitrogens with zero attached hydrogens (tertiary/aromatic N) is 1. The van der Waals surface area contributed by atoms with Gasteiger partial charge in [-0.25, -0.2) is 0 Å². The predicted octanol–water partition coefficient (Wildman–Crippen LogP) is 3.52. The molecule has 2 nitrogen and oxygen atoms in total. The second kappa shape index (κ2) is 5.08. The molecular weight excluding hydrogens is 256 g/mol. The number of benzene rings is 1. The van der Waals surface area contributed by atoms with Crippen LogP contribution in [0.3, 0.4) is 0 Å². The van der Waals surface area contributed by atoms with Gasteiger partial charge in [-0.3, -0.25) is 0 Å². The average Bonchev–Trinajstić information content (AvgIpc) is 2.64. The fourth-order valence-corrected chi connectivity index (χ4v) is 4.02. The van der Waals surface area contributed by atoms with Crippen LogP contribution >= 0.6 is 11.6 Å². The molecule has 104 valence electrons. The van der Waals surface area contributed by atoms with E-state index in [1.165, 1.54) is 31.2 Å². The molecule has 2 aliphatic heterocycles. The third kappa shape index (κ3) is 2.42. The van der Waals surface area contributed by atoms with E-state index in [1.54, 1.807) is 0 Å². The zero-order valence-electron chi connectivity index (χ0n) is 11.8. The Hall–Kier alpha value is -0.570. The lowest BCUT2D eigenvalue weighted by molar-refractivity contribution is 0.121. The minimum absolute atomic E-state index is 0.134. The SMILES string of the molecule is Cc1ccc(C(N)C2CC3CCC(C2)N3C)cc1Cl. The van der Waals surface area contributed by atoms with Crippen molar-refractivity contribution < 1.29 is 0 Å². The van der Waals surface area contributed by atoms with Gasteiger partial charge in [-0.2, -0.15) is 0 Å². The van der Waals surface area contributed by atoms with Crippen molar-refractivity contribution in [2.24, 2.45) is 11.7 Å². The van der Waals surface area contributed by atoms with Gasteiger partial charge in [-0.15, -0.1) is 0 Å². The van der Waals surface area contributed by atoms with Crippen molar-refractivity contribution in [2.45, 2.75) is 50.7 Å². The molecule has 3 heteroatoms. The number of nitrogens with two attached hydrogens (primary N) is 1. The Morgan fingerprint density at radius 1 is 1.26 bits per heavy atom. The lowest BCUT2D eigenvalue weighted by Crippen LogP contribution is -2.42. The molecule has 2 bridgehead atoms. The van der Waals surface area contributed by atoms with E-state index in [1.807, 2.05) is 6.92 Å². The molecule has 2 heterocycles. The molecule has 0 aliphatic carbocycles. The van der Waals surface area contributed by atoms with E-state index in [-0.39, 0.29) is 6.04 Å². The Bertz CT molecular complexity index is 460. The Labute approximate surface area is 120 Å². The summed E-state index contributed by atoms with van der Waals surface area (Å²) in [5.41, 5.74) is 8.83. The second-order valence-corrected chi connectivity index (χ2v) is 6.72. The van der Waals surface area contributed by atoms with Gasteiger partial charge in [-0.1, -0.05) is 23.7 Å². The van der Waals surface area contributed by atoms with Crippen LogP contribution < -0.4 is 5.73 Å². The number of fused-ring (bicyclic) bond motifs is 2. The summed E-state index contributed by atoms with van der Waals surface area (Å²) in [5, 5.41) is 0.837. The lowest BCUT2D eigenvalue weighted by Gasteiger charge is -2.39. The van der Waals surface area contributed by atoms with Gasteiger partial charge in [0.15, 0.2) is 0 Å². The van der Waals surface area contributed by atoms with Crippen LogP contribution in [0.5, 0.6) is 0 Å². The average molecular weight is 279 g/mol. The van der Waals surface area contributed by atoms with Gasteiger partial charge in [0.1, 0.15) is 0 Å². The largest absolute Gasteiger partial charge is 0.324 e. The molecule has 1 aromatic carbocycles. The van der Waals surface area contributed by atoms with Crippen LogP contribution in [0.15, 0.2) is 18.2 Å². The first-order valence-corrected chi connectivity index (χ1v) is 7.67. The van der Waals surface area contributed by atoms with E-state index >= 15 is 0 Å². The van der Waals surface area contributed by atoms with Crippen LogP contribution in [-0.2, 0) is 0 Å². The molecule has 0 radical (unpaired) electrons. The predicted molar refractivity (Wildman–Crippen MR) is 80.4 cm³/mol. The number of rotatable bonds is 2. The molecule has 0 amide bonds. The van der Waals surface area contributed by atoms with E-state index in [0.29, 0.717) is 5.92 Å². The van der Waals surface area contributed by atoms with Gasteiger partial charge in [0.2, 0.25) is 0 Å². The van der Waals surface area contributed by atoms with E-state index in [9.17, 15) is 0 Å². The molecule has 0 saturated carbocycles. The Morgan fingerprint density at radius 3 is 2.47 bits per heavy atom. The standard InChI is InChI=1S/C16H23ClN2/c1-10-3-4-11(9-15(10)17)16(18)12-7-13-5-6-14(8-12)19(13)2/h3-4,9,12-14,16H,5-8,18H2,1-2H3. The summed E-state index contributed by atoms with van der Waals surface area (Å²) in [5.74, 6) is 0.604. The lowest BCUT2D eigenvalue weighted by atomic mass is 9.82. The van der Waals surface area contributed by atoms with Gasteiger partial charge in [0, 0.05) is 23.1 Å². The maximum absolute atomic E-state index is 6.51. The maximum Gasteiger partial charge on any atom is 0.0438 e. The molecular formula is C16H23ClN2. The van der Waals surface area contributed by atoms with E-state index in [4.69, 9.17) is 17.3 Å². The maximum atomic E-state index is 6.51. The van der Waals surface area contributed by atoms with Gasteiger partial charge in [-0.05, 0) is 62.8 Å². The van der Waals surface area contributed by atoms with E-state index in [2.05, 4.69) is 30.1 Å². The number of hydrogen-bond donors (Lipinski definition) is 1. The van der Waals surface area contributed by atoms with Crippen molar-refractivity contribution in [1.82, 2.24) is 4.90 Å². The Balaban J connectivity index is 1.77. The van der Waals surface area contributed by atoms with Crippen LogP contribution in [0.1, 0.15) is 42.9 Å². The highest BCUT2D eigenvalue weighted by Gasteiger charge is 2.40.